The zero-order valence-corrected chi connectivity index (χ0v) is 13.9. The first kappa shape index (κ1) is 16.3. The van der Waals surface area contributed by atoms with E-state index in [0.717, 1.165) is 31.9 Å². The van der Waals surface area contributed by atoms with E-state index in [1.54, 1.807) is 4.90 Å². The van der Waals surface area contributed by atoms with Crippen LogP contribution < -0.4 is 9.64 Å². The molecule has 1 N–H and O–H groups in total. The highest BCUT2D eigenvalue weighted by atomic mass is 16.5. The molecule has 0 spiro atoms. The number of unbranched alkanes of at least 4 members (excludes halogenated alkanes) is 1. The van der Waals surface area contributed by atoms with E-state index in [-0.39, 0.29) is 0 Å². The van der Waals surface area contributed by atoms with Crippen LogP contribution in [0.25, 0.3) is 0 Å². The number of ether oxygens (including phenoxy) is 2. The Bertz CT molecular complexity index is 417. The summed E-state index contributed by atoms with van der Waals surface area (Å²) in [5.41, 5.74) is 2.47. The summed E-state index contributed by atoms with van der Waals surface area (Å²) in [6.07, 6.45) is 3.14. The maximum absolute atomic E-state index is 5.97. The minimum absolute atomic E-state index is 0.398. The summed E-state index contributed by atoms with van der Waals surface area (Å²) >= 11 is 0. The predicted molar refractivity (Wildman–Crippen MR) is 86.2 cm³/mol. The predicted octanol–water partition coefficient (Wildman–Crippen LogP) is 2.15. The highest BCUT2D eigenvalue weighted by Crippen LogP contribution is 2.22. The molecule has 3 heteroatoms. The molecular formula is C18H30NO2+. The summed E-state index contributed by atoms with van der Waals surface area (Å²) in [7, 11) is 0. The topological polar surface area (TPSA) is 22.9 Å². The van der Waals surface area contributed by atoms with Gasteiger partial charge in [0.15, 0.2) is 0 Å². The zero-order valence-electron chi connectivity index (χ0n) is 13.9. The molecule has 2 rings (SSSR count). The van der Waals surface area contributed by atoms with Gasteiger partial charge in [-0.1, -0.05) is 18.2 Å². The van der Waals surface area contributed by atoms with Gasteiger partial charge in [-0.05, 0) is 51.7 Å². The van der Waals surface area contributed by atoms with Gasteiger partial charge in [-0.2, -0.15) is 0 Å². The lowest BCUT2D eigenvalue weighted by Crippen LogP contribution is -3.15. The average molecular weight is 292 g/mol. The van der Waals surface area contributed by atoms with Crippen molar-refractivity contribution in [1.82, 2.24) is 0 Å². The van der Waals surface area contributed by atoms with E-state index in [2.05, 4.69) is 45.9 Å². The summed E-state index contributed by atoms with van der Waals surface area (Å²) < 4.78 is 11.7. The van der Waals surface area contributed by atoms with E-state index in [9.17, 15) is 0 Å². The van der Waals surface area contributed by atoms with Gasteiger partial charge in [-0.15, -0.1) is 0 Å². The van der Waals surface area contributed by atoms with Crippen LogP contribution in [0.1, 0.15) is 37.8 Å². The SMILES string of the molecule is Cc1cccc(C)c1OCCCC[NH+]1C[C@@H](C)O[C@H](C)C1. The molecule has 0 bridgehead atoms. The van der Waals surface area contributed by atoms with Crippen LogP contribution in [0.5, 0.6) is 5.75 Å². The molecule has 2 atom stereocenters. The number of hydrogen-bond acceptors (Lipinski definition) is 2. The number of nitrogens with one attached hydrogen (secondary N) is 1. The van der Waals surface area contributed by atoms with Gasteiger partial charge in [0, 0.05) is 0 Å². The fraction of sp³-hybridized carbons (Fsp3) is 0.667. The Hall–Kier alpha value is -1.06. The Balaban J connectivity index is 1.66. The van der Waals surface area contributed by atoms with Crippen molar-refractivity contribution in [2.75, 3.05) is 26.2 Å². The van der Waals surface area contributed by atoms with Crippen molar-refractivity contribution in [3.8, 4) is 5.75 Å². The van der Waals surface area contributed by atoms with E-state index in [1.165, 1.54) is 24.1 Å². The van der Waals surface area contributed by atoms with Gasteiger partial charge in [0.25, 0.3) is 0 Å². The van der Waals surface area contributed by atoms with Crippen LogP contribution in [0.4, 0.5) is 0 Å². The van der Waals surface area contributed by atoms with Gasteiger partial charge >= 0.3 is 0 Å². The van der Waals surface area contributed by atoms with Crippen molar-refractivity contribution in [2.45, 2.75) is 52.7 Å². The number of aryl methyl sites for hydroxylation is 2. The Morgan fingerprint density at radius 1 is 1.10 bits per heavy atom. The molecule has 1 aromatic carbocycles. The standard InChI is InChI=1S/C18H29NO2/c1-14-8-7-9-15(2)18(14)20-11-6-5-10-19-12-16(3)21-17(4)13-19/h7-9,16-17H,5-6,10-13H2,1-4H3/p+1/t16-,17-/m1/s1. The molecule has 0 radical (unpaired) electrons. The van der Waals surface area contributed by atoms with Crippen molar-refractivity contribution in [3.05, 3.63) is 29.3 Å². The molecule has 0 aliphatic carbocycles. The lowest BCUT2D eigenvalue weighted by molar-refractivity contribution is -0.915. The second-order valence-electron chi connectivity index (χ2n) is 6.44. The van der Waals surface area contributed by atoms with Crippen LogP contribution in [-0.4, -0.2) is 38.4 Å². The fourth-order valence-electron chi connectivity index (χ4n) is 3.27. The van der Waals surface area contributed by atoms with Gasteiger partial charge in [0.1, 0.15) is 31.0 Å². The number of para-hydroxylation sites is 1. The van der Waals surface area contributed by atoms with Crippen molar-refractivity contribution in [3.63, 3.8) is 0 Å². The summed E-state index contributed by atoms with van der Waals surface area (Å²) in [5, 5.41) is 0. The summed E-state index contributed by atoms with van der Waals surface area (Å²) in [5.74, 6) is 1.07. The summed E-state index contributed by atoms with van der Waals surface area (Å²) in [6.45, 7) is 12.9. The van der Waals surface area contributed by atoms with E-state index in [1.807, 2.05) is 0 Å². The van der Waals surface area contributed by atoms with Crippen molar-refractivity contribution in [2.24, 2.45) is 0 Å². The molecule has 0 aromatic heterocycles. The van der Waals surface area contributed by atoms with Gasteiger partial charge in [-0.3, -0.25) is 0 Å². The van der Waals surface area contributed by atoms with Crippen molar-refractivity contribution >= 4 is 0 Å². The van der Waals surface area contributed by atoms with Crippen molar-refractivity contribution in [1.29, 1.82) is 0 Å². The van der Waals surface area contributed by atoms with Crippen LogP contribution in [-0.2, 0) is 4.74 Å². The molecule has 21 heavy (non-hydrogen) atoms. The van der Waals surface area contributed by atoms with Crippen molar-refractivity contribution < 1.29 is 14.4 Å². The first-order valence-corrected chi connectivity index (χ1v) is 8.24. The van der Waals surface area contributed by atoms with E-state index in [4.69, 9.17) is 9.47 Å². The molecule has 3 nitrogen and oxygen atoms in total. The Labute approximate surface area is 129 Å². The molecular weight excluding hydrogens is 262 g/mol. The third-order valence-electron chi connectivity index (χ3n) is 4.20. The molecule has 0 unspecified atom stereocenters. The van der Waals surface area contributed by atoms with Crippen LogP contribution in [0.15, 0.2) is 18.2 Å². The largest absolute Gasteiger partial charge is 0.493 e. The van der Waals surface area contributed by atoms with Crippen LogP contribution in [0.3, 0.4) is 0 Å². The third kappa shape index (κ3) is 5.01. The van der Waals surface area contributed by atoms with Gasteiger partial charge < -0.3 is 14.4 Å². The molecule has 0 amide bonds. The minimum atomic E-state index is 0.398. The number of hydrogen-bond donors (Lipinski definition) is 1. The van der Waals surface area contributed by atoms with Gasteiger partial charge in [-0.25, -0.2) is 0 Å². The number of rotatable bonds is 6. The molecule has 1 heterocycles. The minimum Gasteiger partial charge on any atom is -0.493 e. The number of quaternary nitrogens is 1. The molecule has 0 saturated carbocycles. The van der Waals surface area contributed by atoms with Crippen LogP contribution in [0, 0.1) is 13.8 Å². The monoisotopic (exact) mass is 292 g/mol. The van der Waals surface area contributed by atoms with Gasteiger partial charge in [0.05, 0.1) is 13.2 Å². The van der Waals surface area contributed by atoms with Crippen LogP contribution in [0.2, 0.25) is 0 Å². The third-order valence-corrected chi connectivity index (χ3v) is 4.20. The lowest BCUT2D eigenvalue weighted by Gasteiger charge is -2.32. The Kier molecular flexibility index (Phi) is 6.07. The molecule has 1 fully saturated rings. The summed E-state index contributed by atoms with van der Waals surface area (Å²) in [4.78, 5) is 1.67. The Morgan fingerprint density at radius 2 is 1.71 bits per heavy atom. The molecule has 1 saturated heterocycles. The highest BCUT2D eigenvalue weighted by Gasteiger charge is 2.24. The maximum atomic E-state index is 5.97. The molecule has 1 aliphatic rings. The smallest absolute Gasteiger partial charge is 0.125 e. The average Bonchev–Trinajstić information content (AvgIpc) is 2.40. The normalized spacial score (nSPS) is 25.8. The van der Waals surface area contributed by atoms with E-state index in [0.29, 0.717) is 12.2 Å². The van der Waals surface area contributed by atoms with Gasteiger partial charge in [0.2, 0.25) is 0 Å². The Morgan fingerprint density at radius 3 is 2.33 bits per heavy atom. The van der Waals surface area contributed by atoms with E-state index >= 15 is 0 Å². The number of morpholine rings is 1. The highest BCUT2D eigenvalue weighted by molar-refractivity contribution is 5.39. The fourth-order valence-corrected chi connectivity index (χ4v) is 3.27. The van der Waals surface area contributed by atoms with Crippen LogP contribution >= 0.6 is 0 Å². The second kappa shape index (κ2) is 7.81. The maximum Gasteiger partial charge on any atom is 0.125 e. The number of benzene rings is 1. The quantitative estimate of drug-likeness (QED) is 0.812. The molecule has 1 aliphatic heterocycles. The molecule has 118 valence electrons. The van der Waals surface area contributed by atoms with E-state index < -0.39 is 0 Å². The second-order valence-corrected chi connectivity index (χ2v) is 6.44. The first-order chi connectivity index (χ1) is 10.1. The summed E-state index contributed by atoms with van der Waals surface area (Å²) in [6, 6.07) is 6.31. The first-order valence-electron chi connectivity index (χ1n) is 8.24. The zero-order chi connectivity index (χ0) is 15.2. The molecule has 1 aromatic rings. The lowest BCUT2D eigenvalue weighted by atomic mass is 10.1.